The zero-order chi connectivity index (χ0) is 13.1. The number of aromatic nitrogens is 5. The number of carboxylic acid groups (broad SMARTS) is 1. The molecule has 0 aliphatic carbocycles. The van der Waals surface area contributed by atoms with E-state index in [0.717, 1.165) is 10.4 Å². The molecule has 0 aliphatic heterocycles. The lowest BCUT2D eigenvalue weighted by Crippen LogP contribution is -2.19. The normalized spacial score (nSPS) is 10.3. The molecule has 0 atom stereocenters. The average molecular weight is 250 g/mol. The highest BCUT2D eigenvalue weighted by Gasteiger charge is 2.11. The molecule has 2 rings (SSSR count). The Kier molecular flexibility index (Phi) is 3.04. The van der Waals surface area contributed by atoms with Crippen LogP contribution < -0.4 is 5.32 Å². The molecule has 0 saturated carbocycles. The molecule has 2 heterocycles. The lowest BCUT2D eigenvalue weighted by Gasteiger charge is -2.00. The molecule has 9 nitrogen and oxygen atoms in total. The van der Waals surface area contributed by atoms with Crippen molar-refractivity contribution in [1.82, 2.24) is 25.2 Å². The SMILES string of the molecule is Cc1cc(NC(=O)Cn2cc(C(=O)O)nn2)n[nH]1. The van der Waals surface area contributed by atoms with Crippen LogP contribution >= 0.6 is 0 Å². The molecule has 0 radical (unpaired) electrons. The molecule has 94 valence electrons. The van der Waals surface area contributed by atoms with Crippen LogP contribution in [0.5, 0.6) is 0 Å². The number of carbonyl (C=O) groups excluding carboxylic acids is 1. The summed E-state index contributed by atoms with van der Waals surface area (Å²) in [7, 11) is 0. The minimum atomic E-state index is -1.19. The van der Waals surface area contributed by atoms with E-state index in [1.54, 1.807) is 13.0 Å². The maximum absolute atomic E-state index is 11.6. The first-order valence-electron chi connectivity index (χ1n) is 5.00. The zero-order valence-corrected chi connectivity index (χ0v) is 9.41. The van der Waals surface area contributed by atoms with E-state index in [2.05, 4.69) is 25.8 Å². The molecule has 2 aromatic rings. The molecule has 0 unspecified atom stereocenters. The van der Waals surface area contributed by atoms with E-state index in [-0.39, 0.29) is 18.1 Å². The number of aromatic amines is 1. The zero-order valence-electron chi connectivity index (χ0n) is 9.41. The van der Waals surface area contributed by atoms with Crippen LogP contribution in [0.3, 0.4) is 0 Å². The van der Waals surface area contributed by atoms with E-state index in [1.165, 1.54) is 6.20 Å². The van der Waals surface area contributed by atoms with Gasteiger partial charge in [0, 0.05) is 11.8 Å². The number of aryl methyl sites for hydroxylation is 1. The van der Waals surface area contributed by atoms with Crippen molar-refractivity contribution < 1.29 is 14.7 Å². The largest absolute Gasteiger partial charge is 0.476 e. The summed E-state index contributed by atoms with van der Waals surface area (Å²) in [5.74, 6) is -1.16. The maximum atomic E-state index is 11.6. The van der Waals surface area contributed by atoms with Crippen LogP contribution in [0.15, 0.2) is 12.3 Å². The number of nitrogens with zero attached hydrogens (tertiary/aromatic N) is 4. The number of hydrogen-bond donors (Lipinski definition) is 3. The van der Waals surface area contributed by atoms with Crippen molar-refractivity contribution >= 4 is 17.7 Å². The van der Waals surface area contributed by atoms with Crippen LogP contribution in [0.2, 0.25) is 0 Å². The van der Waals surface area contributed by atoms with Crippen LogP contribution in [-0.2, 0) is 11.3 Å². The predicted molar refractivity (Wildman–Crippen MR) is 58.9 cm³/mol. The minimum Gasteiger partial charge on any atom is -0.476 e. The van der Waals surface area contributed by atoms with Crippen molar-refractivity contribution in [2.75, 3.05) is 5.32 Å². The Morgan fingerprint density at radius 3 is 2.89 bits per heavy atom. The van der Waals surface area contributed by atoms with Gasteiger partial charge in [0.15, 0.2) is 11.5 Å². The van der Waals surface area contributed by atoms with Crippen molar-refractivity contribution in [3.8, 4) is 0 Å². The van der Waals surface area contributed by atoms with E-state index >= 15 is 0 Å². The summed E-state index contributed by atoms with van der Waals surface area (Å²) >= 11 is 0. The molecule has 0 aromatic carbocycles. The van der Waals surface area contributed by atoms with Gasteiger partial charge in [0.25, 0.3) is 0 Å². The molecule has 18 heavy (non-hydrogen) atoms. The van der Waals surface area contributed by atoms with Crippen LogP contribution in [0.25, 0.3) is 0 Å². The van der Waals surface area contributed by atoms with Crippen molar-refractivity contribution in [3.63, 3.8) is 0 Å². The van der Waals surface area contributed by atoms with E-state index in [1.807, 2.05) is 0 Å². The summed E-state index contributed by atoms with van der Waals surface area (Å²) in [6.45, 7) is 1.67. The highest BCUT2D eigenvalue weighted by molar-refractivity contribution is 5.89. The molecule has 0 aliphatic rings. The Bertz CT molecular complexity index is 587. The molecule has 1 amide bonds. The fraction of sp³-hybridized carbons (Fsp3) is 0.222. The number of nitrogens with one attached hydrogen (secondary N) is 2. The lowest BCUT2D eigenvalue weighted by atomic mass is 10.4. The Morgan fingerprint density at radius 1 is 1.56 bits per heavy atom. The summed E-state index contributed by atoms with van der Waals surface area (Å²) in [5.41, 5.74) is 0.609. The molecule has 0 saturated heterocycles. The summed E-state index contributed by atoms with van der Waals surface area (Å²) < 4.78 is 1.14. The fourth-order valence-electron chi connectivity index (χ4n) is 1.29. The van der Waals surface area contributed by atoms with Gasteiger partial charge in [-0.1, -0.05) is 5.21 Å². The second-order valence-corrected chi connectivity index (χ2v) is 3.59. The Morgan fingerprint density at radius 2 is 2.33 bits per heavy atom. The van der Waals surface area contributed by atoms with Gasteiger partial charge in [0.1, 0.15) is 6.54 Å². The number of anilines is 1. The lowest BCUT2D eigenvalue weighted by molar-refractivity contribution is -0.117. The van der Waals surface area contributed by atoms with E-state index < -0.39 is 5.97 Å². The molecule has 9 heteroatoms. The van der Waals surface area contributed by atoms with Crippen LogP contribution in [-0.4, -0.2) is 42.2 Å². The quantitative estimate of drug-likeness (QED) is 0.680. The third-order valence-corrected chi connectivity index (χ3v) is 2.04. The highest BCUT2D eigenvalue weighted by atomic mass is 16.4. The first kappa shape index (κ1) is 11.8. The first-order chi connectivity index (χ1) is 8.54. The van der Waals surface area contributed by atoms with Crippen molar-refractivity contribution in [1.29, 1.82) is 0 Å². The van der Waals surface area contributed by atoms with Gasteiger partial charge in [-0.3, -0.25) is 9.89 Å². The van der Waals surface area contributed by atoms with Crippen molar-refractivity contribution in [3.05, 3.63) is 23.7 Å². The molecule has 0 fully saturated rings. The van der Waals surface area contributed by atoms with E-state index in [4.69, 9.17) is 5.11 Å². The number of amides is 1. The monoisotopic (exact) mass is 250 g/mol. The van der Waals surface area contributed by atoms with E-state index in [9.17, 15) is 9.59 Å². The summed E-state index contributed by atoms with van der Waals surface area (Å²) in [5, 5.41) is 24.6. The Hall–Kier alpha value is -2.71. The molecule has 2 aromatic heterocycles. The van der Waals surface area contributed by atoms with Crippen LogP contribution in [0.1, 0.15) is 16.2 Å². The van der Waals surface area contributed by atoms with Crippen molar-refractivity contribution in [2.45, 2.75) is 13.5 Å². The molecule has 0 bridgehead atoms. The van der Waals surface area contributed by atoms with Crippen molar-refractivity contribution in [2.24, 2.45) is 0 Å². The van der Waals surface area contributed by atoms with Crippen LogP contribution in [0, 0.1) is 6.92 Å². The topological polar surface area (TPSA) is 126 Å². The first-order valence-corrected chi connectivity index (χ1v) is 5.00. The molecular formula is C9H10N6O3. The third-order valence-electron chi connectivity index (χ3n) is 2.04. The average Bonchev–Trinajstić information content (AvgIpc) is 2.88. The van der Waals surface area contributed by atoms with Crippen LogP contribution in [0.4, 0.5) is 5.82 Å². The van der Waals surface area contributed by atoms with Gasteiger partial charge in [-0.05, 0) is 6.92 Å². The predicted octanol–water partition coefficient (Wildman–Crippen LogP) is -0.353. The summed E-state index contributed by atoms with van der Waals surface area (Å²) in [6.07, 6.45) is 1.18. The smallest absolute Gasteiger partial charge is 0.358 e. The van der Waals surface area contributed by atoms with Gasteiger partial charge in [-0.15, -0.1) is 5.10 Å². The third kappa shape index (κ3) is 2.70. The van der Waals surface area contributed by atoms with Gasteiger partial charge >= 0.3 is 5.97 Å². The number of aromatic carboxylic acids is 1. The highest BCUT2D eigenvalue weighted by Crippen LogP contribution is 2.03. The minimum absolute atomic E-state index is 0.133. The second-order valence-electron chi connectivity index (χ2n) is 3.59. The molecular weight excluding hydrogens is 240 g/mol. The molecule has 3 N–H and O–H groups in total. The van der Waals surface area contributed by atoms with E-state index in [0.29, 0.717) is 5.82 Å². The summed E-state index contributed by atoms with van der Waals surface area (Å²) in [6, 6.07) is 1.67. The molecule has 0 spiro atoms. The Balaban J connectivity index is 1.96. The van der Waals surface area contributed by atoms with Gasteiger partial charge in [-0.2, -0.15) is 5.10 Å². The maximum Gasteiger partial charge on any atom is 0.358 e. The number of hydrogen-bond acceptors (Lipinski definition) is 5. The number of carbonyl (C=O) groups is 2. The Labute approximate surface area is 101 Å². The van der Waals surface area contributed by atoms with Gasteiger partial charge < -0.3 is 10.4 Å². The standard InChI is InChI=1S/C9H10N6O3/c1-5-2-7(13-11-5)10-8(16)4-15-3-6(9(17)18)12-14-15/h2-3H,4H2,1H3,(H,17,18)(H2,10,11,13,16). The summed E-state index contributed by atoms with van der Waals surface area (Å²) in [4.78, 5) is 22.1. The number of rotatable bonds is 4. The second kappa shape index (κ2) is 4.65. The van der Waals surface area contributed by atoms with Gasteiger partial charge in [-0.25, -0.2) is 9.48 Å². The van der Waals surface area contributed by atoms with Gasteiger partial charge in [0.05, 0.1) is 6.20 Å². The van der Waals surface area contributed by atoms with Gasteiger partial charge in [0.2, 0.25) is 5.91 Å². The number of carboxylic acids is 1. The fourth-order valence-corrected chi connectivity index (χ4v) is 1.29. The number of H-pyrrole nitrogens is 1.